The second kappa shape index (κ2) is 3.90. The second-order valence-corrected chi connectivity index (χ2v) is 3.17. The van der Waals surface area contributed by atoms with Crippen molar-refractivity contribution >= 4 is 0 Å². The van der Waals surface area contributed by atoms with E-state index in [-0.39, 0.29) is 0 Å². The molecule has 78 valence electrons. The summed E-state index contributed by atoms with van der Waals surface area (Å²) in [4.78, 5) is 0. The molecule has 0 aliphatic carbocycles. The highest BCUT2D eigenvalue weighted by Crippen LogP contribution is 2.22. The molecule has 0 fully saturated rings. The van der Waals surface area contributed by atoms with E-state index in [4.69, 9.17) is 0 Å². The molecule has 0 saturated carbocycles. The van der Waals surface area contributed by atoms with Crippen LogP contribution in [0.25, 0.3) is 0 Å². The first-order valence-electron chi connectivity index (χ1n) is 4.15. The largest absolute Gasteiger partial charge is 0.484 e. The summed E-state index contributed by atoms with van der Waals surface area (Å²) in [5.74, 6) is 0.294. The van der Waals surface area contributed by atoms with Crippen LogP contribution in [-0.2, 0) is 0 Å². The average molecular weight is 204 g/mol. The van der Waals surface area contributed by atoms with Gasteiger partial charge in [0.25, 0.3) is 0 Å². The second-order valence-electron chi connectivity index (χ2n) is 3.17. The lowest BCUT2D eigenvalue weighted by Crippen LogP contribution is -2.19. The number of halogens is 3. The third-order valence-corrected chi connectivity index (χ3v) is 1.73. The number of benzene rings is 1. The number of ether oxygens (including phenoxy) is 1. The van der Waals surface area contributed by atoms with Crippen molar-refractivity contribution in [3.05, 3.63) is 29.3 Å². The van der Waals surface area contributed by atoms with Crippen molar-refractivity contribution in [1.29, 1.82) is 0 Å². The van der Waals surface area contributed by atoms with Gasteiger partial charge in [0.1, 0.15) is 5.75 Å². The summed E-state index contributed by atoms with van der Waals surface area (Å²) in [6.45, 7) is 2.28. The Morgan fingerprint density at radius 3 is 2.43 bits per heavy atom. The van der Waals surface area contributed by atoms with Gasteiger partial charge in [-0.2, -0.15) is 13.2 Å². The summed E-state index contributed by atoms with van der Waals surface area (Å²) < 4.78 is 40.2. The van der Waals surface area contributed by atoms with E-state index in [1.807, 2.05) is 6.07 Å². The van der Waals surface area contributed by atoms with Crippen LogP contribution in [0, 0.1) is 13.8 Å². The Morgan fingerprint density at radius 2 is 1.86 bits per heavy atom. The summed E-state index contributed by atoms with van der Waals surface area (Å²) in [6.07, 6.45) is -4.28. The SMILES string of the molecule is Cc1ccc(C)c(OCC(F)(F)F)c1. The monoisotopic (exact) mass is 204 g/mol. The zero-order valence-corrected chi connectivity index (χ0v) is 7.98. The number of hydrogen-bond donors (Lipinski definition) is 0. The molecule has 0 atom stereocenters. The smallest absolute Gasteiger partial charge is 0.422 e. The standard InChI is InChI=1S/C10H11F3O/c1-7-3-4-8(2)9(5-7)14-6-10(11,12)13/h3-5H,6H2,1-2H3. The van der Waals surface area contributed by atoms with E-state index in [9.17, 15) is 13.2 Å². The molecule has 1 aromatic rings. The Labute approximate surface area is 80.5 Å². The lowest BCUT2D eigenvalue weighted by atomic mass is 10.1. The fraction of sp³-hybridized carbons (Fsp3) is 0.400. The van der Waals surface area contributed by atoms with Crippen LogP contribution in [0.15, 0.2) is 18.2 Å². The summed E-state index contributed by atoms with van der Waals surface area (Å²) in [5, 5.41) is 0. The Kier molecular flexibility index (Phi) is 3.03. The molecule has 1 nitrogen and oxygen atoms in total. The summed E-state index contributed by atoms with van der Waals surface area (Å²) in [6, 6.07) is 5.16. The van der Waals surface area contributed by atoms with Crippen LogP contribution in [0.2, 0.25) is 0 Å². The van der Waals surface area contributed by atoms with Gasteiger partial charge < -0.3 is 4.74 Å². The maximum atomic E-state index is 11.8. The minimum atomic E-state index is -4.28. The van der Waals surface area contributed by atoms with Crippen molar-refractivity contribution in [1.82, 2.24) is 0 Å². The van der Waals surface area contributed by atoms with Crippen molar-refractivity contribution in [3.8, 4) is 5.75 Å². The Bertz CT molecular complexity index is 318. The summed E-state index contributed by atoms with van der Waals surface area (Å²) in [5.41, 5.74) is 1.59. The van der Waals surface area contributed by atoms with Gasteiger partial charge in [0.2, 0.25) is 0 Å². The van der Waals surface area contributed by atoms with Crippen molar-refractivity contribution in [2.75, 3.05) is 6.61 Å². The first kappa shape index (κ1) is 10.9. The van der Waals surface area contributed by atoms with Crippen LogP contribution < -0.4 is 4.74 Å². The van der Waals surface area contributed by atoms with Gasteiger partial charge in [-0.15, -0.1) is 0 Å². The van der Waals surface area contributed by atoms with E-state index < -0.39 is 12.8 Å². The lowest BCUT2D eigenvalue weighted by molar-refractivity contribution is -0.153. The minimum Gasteiger partial charge on any atom is -0.484 e. The molecule has 0 unspecified atom stereocenters. The number of aryl methyl sites for hydroxylation is 2. The minimum absolute atomic E-state index is 0.294. The maximum absolute atomic E-state index is 11.8. The van der Waals surface area contributed by atoms with E-state index in [2.05, 4.69) is 4.74 Å². The molecule has 0 heterocycles. The molecule has 0 amide bonds. The zero-order chi connectivity index (χ0) is 10.8. The topological polar surface area (TPSA) is 9.23 Å². The average Bonchev–Trinajstić information content (AvgIpc) is 2.05. The molecule has 0 spiro atoms. The third-order valence-electron chi connectivity index (χ3n) is 1.73. The third kappa shape index (κ3) is 3.28. The highest BCUT2D eigenvalue weighted by Gasteiger charge is 2.28. The highest BCUT2D eigenvalue weighted by molar-refractivity contribution is 5.35. The van der Waals surface area contributed by atoms with Crippen molar-refractivity contribution in [2.24, 2.45) is 0 Å². The number of rotatable bonds is 2. The fourth-order valence-corrected chi connectivity index (χ4v) is 1.02. The van der Waals surface area contributed by atoms with Gasteiger partial charge >= 0.3 is 6.18 Å². The van der Waals surface area contributed by atoms with E-state index >= 15 is 0 Å². The zero-order valence-electron chi connectivity index (χ0n) is 7.98. The fourth-order valence-electron chi connectivity index (χ4n) is 1.02. The van der Waals surface area contributed by atoms with Crippen LogP contribution in [0.3, 0.4) is 0 Å². The Morgan fingerprint density at radius 1 is 1.21 bits per heavy atom. The normalized spacial score (nSPS) is 11.5. The molecular formula is C10H11F3O. The van der Waals surface area contributed by atoms with Crippen LogP contribution in [0.5, 0.6) is 5.75 Å². The lowest BCUT2D eigenvalue weighted by Gasteiger charge is -2.11. The molecule has 14 heavy (non-hydrogen) atoms. The highest BCUT2D eigenvalue weighted by atomic mass is 19.4. The quantitative estimate of drug-likeness (QED) is 0.718. The van der Waals surface area contributed by atoms with Gasteiger partial charge in [-0.25, -0.2) is 0 Å². The molecule has 1 rings (SSSR count). The molecule has 0 aliphatic heterocycles. The van der Waals surface area contributed by atoms with Crippen LogP contribution >= 0.6 is 0 Å². The van der Waals surface area contributed by atoms with Crippen LogP contribution in [-0.4, -0.2) is 12.8 Å². The first-order chi connectivity index (χ1) is 6.38. The Balaban J connectivity index is 2.72. The van der Waals surface area contributed by atoms with Crippen LogP contribution in [0.4, 0.5) is 13.2 Å². The molecule has 0 radical (unpaired) electrons. The van der Waals surface area contributed by atoms with Gasteiger partial charge in [0.15, 0.2) is 6.61 Å². The molecule has 0 N–H and O–H groups in total. The number of hydrogen-bond acceptors (Lipinski definition) is 1. The van der Waals surface area contributed by atoms with Gasteiger partial charge in [0.05, 0.1) is 0 Å². The van der Waals surface area contributed by atoms with Crippen molar-refractivity contribution in [3.63, 3.8) is 0 Å². The first-order valence-corrected chi connectivity index (χ1v) is 4.15. The Hall–Kier alpha value is -1.19. The predicted octanol–water partition coefficient (Wildman–Crippen LogP) is 3.24. The molecule has 0 aliphatic rings. The number of alkyl halides is 3. The van der Waals surface area contributed by atoms with Crippen LogP contribution in [0.1, 0.15) is 11.1 Å². The van der Waals surface area contributed by atoms with Gasteiger partial charge in [-0.05, 0) is 31.0 Å². The molecular weight excluding hydrogens is 193 g/mol. The molecule has 0 saturated heterocycles. The summed E-state index contributed by atoms with van der Waals surface area (Å²) >= 11 is 0. The van der Waals surface area contributed by atoms with Gasteiger partial charge in [-0.1, -0.05) is 12.1 Å². The van der Waals surface area contributed by atoms with Gasteiger partial charge in [-0.3, -0.25) is 0 Å². The molecule has 0 aromatic heterocycles. The van der Waals surface area contributed by atoms with E-state index in [1.54, 1.807) is 26.0 Å². The summed E-state index contributed by atoms with van der Waals surface area (Å²) in [7, 11) is 0. The van der Waals surface area contributed by atoms with E-state index in [1.165, 1.54) is 0 Å². The molecule has 0 bridgehead atoms. The van der Waals surface area contributed by atoms with Gasteiger partial charge in [0, 0.05) is 0 Å². The van der Waals surface area contributed by atoms with E-state index in [0.29, 0.717) is 11.3 Å². The van der Waals surface area contributed by atoms with Crippen molar-refractivity contribution < 1.29 is 17.9 Å². The predicted molar refractivity (Wildman–Crippen MR) is 47.5 cm³/mol. The maximum Gasteiger partial charge on any atom is 0.422 e. The molecule has 1 aromatic carbocycles. The van der Waals surface area contributed by atoms with Crippen molar-refractivity contribution in [2.45, 2.75) is 20.0 Å². The molecule has 4 heteroatoms. The van der Waals surface area contributed by atoms with E-state index in [0.717, 1.165) is 5.56 Å².